The topological polar surface area (TPSA) is 90.9 Å². The molecule has 1 amide bonds. The van der Waals surface area contributed by atoms with Gasteiger partial charge in [-0.05, 0) is 31.9 Å². The van der Waals surface area contributed by atoms with E-state index in [1.807, 2.05) is 26.0 Å². The van der Waals surface area contributed by atoms with Gasteiger partial charge in [-0.3, -0.25) is 9.89 Å². The molecule has 0 aliphatic carbocycles. The van der Waals surface area contributed by atoms with Gasteiger partial charge in [0.25, 0.3) is 5.91 Å². The van der Waals surface area contributed by atoms with Gasteiger partial charge in [0.2, 0.25) is 0 Å². The molecule has 1 aromatic carbocycles. The molecule has 1 unspecified atom stereocenters. The molecule has 0 spiro atoms. The maximum Gasteiger partial charge on any atom is 0.251 e. The molecule has 0 aliphatic rings. The van der Waals surface area contributed by atoms with E-state index in [2.05, 4.69) is 20.5 Å². The van der Waals surface area contributed by atoms with Crippen molar-refractivity contribution in [2.75, 3.05) is 6.61 Å². The molecular weight excluding hydrogens is 280 g/mol. The van der Waals surface area contributed by atoms with Gasteiger partial charge in [0.05, 0.1) is 0 Å². The quantitative estimate of drug-likeness (QED) is 0.729. The SMILES string of the molecule is CCc1nc(-c2ccc(C(=O)NC(C)CCCO)cc2)n[nH]1. The van der Waals surface area contributed by atoms with Crippen LogP contribution in [0.2, 0.25) is 0 Å². The largest absolute Gasteiger partial charge is 0.396 e. The van der Waals surface area contributed by atoms with Crippen molar-refractivity contribution in [3.8, 4) is 11.4 Å². The summed E-state index contributed by atoms with van der Waals surface area (Å²) in [7, 11) is 0. The molecule has 1 atom stereocenters. The van der Waals surface area contributed by atoms with Gasteiger partial charge < -0.3 is 10.4 Å². The molecule has 0 saturated heterocycles. The van der Waals surface area contributed by atoms with Gasteiger partial charge in [-0.25, -0.2) is 4.98 Å². The molecule has 1 heterocycles. The summed E-state index contributed by atoms with van der Waals surface area (Å²) in [5, 5.41) is 18.7. The Morgan fingerprint density at radius 2 is 2.09 bits per heavy atom. The number of amides is 1. The minimum absolute atomic E-state index is 0.0412. The lowest BCUT2D eigenvalue weighted by atomic mass is 10.1. The van der Waals surface area contributed by atoms with E-state index in [-0.39, 0.29) is 18.6 Å². The molecule has 6 heteroatoms. The number of aryl methyl sites for hydroxylation is 1. The third kappa shape index (κ3) is 4.14. The fourth-order valence-corrected chi connectivity index (χ4v) is 2.13. The predicted octanol–water partition coefficient (Wildman–Crippen LogP) is 1.92. The average molecular weight is 302 g/mol. The van der Waals surface area contributed by atoms with E-state index in [9.17, 15) is 4.79 Å². The number of aliphatic hydroxyl groups is 1. The van der Waals surface area contributed by atoms with E-state index >= 15 is 0 Å². The smallest absolute Gasteiger partial charge is 0.251 e. The molecule has 2 aromatic rings. The van der Waals surface area contributed by atoms with Crippen LogP contribution in [0, 0.1) is 0 Å². The molecule has 0 radical (unpaired) electrons. The number of nitrogens with zero attached hydrogens (tertiary/aromatic N) is 2. The number of nitrogens with one attached hydrogen (secondary N) is 2. The van der Waals surface area contributed by atoms with Gasteiger partial charge in [0, 0.05) is 30.2 Å². The molecule has 0 bridgehead atoms. The van der Waals surface area contributed by atoms with Crippen LogP contribution in [-0.2, 0) is 6.42 Å². The van der Waals surface area contributed by atoms with Crippen molar-refractivity contribution in [2.45, 2.75) is 39.2 Å². The van der Waals surface area contributed by atoms with Crippen LogP contribution in [0.15, 0.2) is 24.3 Å². The first-order chi connectivity index (χ1) is 10.6. The average Bonchev–Trinajstić information content (AvgIpc) is 3.02. The van der Waals surface area contributed by atoms with E-state index in [0.717, 1.165) is 24.2 Å². The number of hydrogen-bond acceptors (Lipinski definition) is 4. The molecule has 118 valence electrons. The zero-order chi connectivity index (χ0) is 15.9. The van der Waals surface area contributed by atoms with Gasteiger partial charge in [0.15, 0.2) is 5.82 Å². The summed E-state index contributed by atoms with van der Waals surface area (Å²) in [6, 6.07) is 7.27. The number of benzene rings is 1. The second kappa shape index (κ2) is 7.70. The fraction of sp³-hybridized carbons (Fsp3) is 0.438. The normalized spacial score (nSPS) is 12.1. The Labute approximate surface area is 130 Å². The zero-order valence-corrected chi connectivity index (χ0v) is 13.0. The van der Waals surface area contributed by atoms with Gasteiger partial charge in [0.1, 0.15) is 5.82 Å². The highest BCUT2D eigenvalue weighted by molar-refractivity contribution is 5.94. The molecule has 2 rings (SSSR count). The van der Waals surface area contributed by atoms with Crippen molar-refractivity contribution in [3.63, 3.8) is 0 Å². The molecule has 6 nitrogen and oxygen atoms in total. The van der Waals surface area contributed by atoms with E-state index in [4.69, 9.17) is 5.11 Å². The lowest BCUT2D eigenvalue weighted by Crippen LogP contribution is -2.32. The number of rotatable bonds is 7. The van der Waals surface area contributed by atoms with E-state index in [1.165, 1.54) is 0 Å². The number of H-pyrrole nitrogens is 1. The summed E-state index contributed by atoms with van der Waals surface area (Å²) in [5.41, 5.74) is 1.48. The molecule has 0 fully saturated rings. The van der Waals surface area contributed by atoms with Gasteiger partial charge in [-0.1, -0.05) is 19.1 Å². The van der Waals surface area contributed by atoms with Crippen LogP contribution in [-0.4, -0.2) is 38.8 Å². The van der Waals surface area contributed by atoms with Gasteiger partial charge in [-0.15, -0.1) is 0 Å². The van der Waals surface area contributed by atoms with E-state index in [0.29, 0.717) is 17.8 Å². The molecular formula is C16H22N4O2. The monoisotopic (exact) mass is 302 g/mol. The predicted molar refractivity (Wildman–Crippen MR) is 84.4 cm³/mol. The summed E-state index contributed by atoms with van der Waals surface area (Å²) < 4.78 is 0. The molecule has 0 saturated carbocycles. The number of carbonyl (C=O) groups is 1. The number of aliphatic hydroxyl groups excluding tert-OH is 1. The summed E-state index contributed by atoms with van der Waals surface area (Å²) >= 11 is 0. The van der Waals surface area contributed by atoms with Crippen molar-refractivity contribution in [1.82, 2.24) is 20.5 Å². The number of aromatic nitrogens is 3. The van der Waals surface area contributed by atoms with Crippen LogP contribution in [0.5, 0.6) is 0 Å². The Morgan fingerprint density at radius 1 is 1.36 bits per heavy atom. The van der Waals surface area contributed by atoms with Crippen molar-refractivity contribution >= 4 is 5.91 Å². The van der Waals surface area contributed by atoms with Crippen molar-refractivity contribution < 1.29 is 9.90 Å². The van der Waals surface area contributed by atoms with Crippen LogP contribution >= 0.6 is 0 Å². The number of hydrogen-bond donors (Lipinski definition) is 3. The van der Waals surface area contributed by atoms with Crippen molar-refractivity contribution in [1.29, 1.82) is 0 Å². The Bertz CT molecular complexity index is 607. The maximum atomic E-state index is 12.1. The summed E-state index contributed by atoms with van der Waals surface area (Å²) in [6.45, 7) is 4.09. The lowest BCUT2D eigenvalue weighted by molar-refractivity contribution is 0.0936. The minimum Gasteiger partial charge on any atom is -0.396 e. The van der Waals surface area contributed by atoms with Crippen LogP contribution < -0.4 is 5.32 Å². The second-order valence-electron chi connectivity index (χ2n) is 5.28. The highest BCUT2D eigenvalue weighted by Crippen LogP contribution is 2.15. The minimum atomic E-state index is -0.110. The van der Waals surface area contributed by atoms with Crippen LogP contribution in [0.4, 0.5) is 0 Å². The molecule has 0 aliphatic heterocycles. The highest BCUT2D eigenvalue weighted by atomic mass is 16.3. The highest BCUT2D eigenvalue weighted by Gasteiger charge is 2.11. The Hall–Kier alpha value is -2.21. The van der Waals surface area contributed by atoms with Gasteiger partial charge in [-0.2, -0.15) is 5.10 Å². The maximum absolute atomic E-state index is 12.1. The van der Waals surface area contributed by atoms with E-state index < -0.39 is 0 Å². The van der Waals surface area contributed by atoms with Crippen LogP contribution in [0.25, 0.3) is 11.4 Å². The Morgan fingerprint density at radius 3 is 2.68 bits per heavy atom. The fourth-order valence-electron chi connectivity index (χ4n) is 2.13. The Kier molecular flexibility index (Phi) is 5.66. The van der Waals surface area contributed by atoms with Gasteiger partial charge >= 0.3 is 0 Å². The second-order valence-corrected chi connectivity index (χ2v) is 5.28. The summed E-state index contributed by atoms with van der Waals surface area (Å²) in [6.07, 6.45) is 2.25. The first kappa shape index (κ1) is 16.2. The third-order valence-corrected chi connectivity index (χ3v) is 3.44. The Balaban J connectivity index is 2.00. The van der Waals surface area contributed by atoms with Crippen molar-refractivity contribution in [3.05, 3.63) is 35.7 Å². The first-order valence-corrected chi connectivity index (χ1v) is 7.57. The molecule has 3 N–H and O–H groups in total. The molecule has 22 heavy (non-hydrogen) atoms. The van der Waals surface area contributed by atoms with Crippen LogP contribution in [0.1, 0.15) is 42.9 Å². The number of aromatic amines is 1. The summed E-state index contributed by atoms with van der Waals surface area (Å²) in [5.74, 6) is 1.37. The van der Waals surface area contributed by atoms with Crippen LogP contribution in [0.3, 0.4) is 0 Å². The lowest BCUT2D eigenvalue weighted by Gasteiger charge is -2.13. The van der Waals surface area contributed by atoms with Crippen molar-refractivity contribution in [2.24, 2.45) is 0 Å². The third-order valence-electron chi connectivity index (χ3n) is 3.44. The standard InChI is InChI=1S/C16H22N4O2/c1-3-14-18-15(20-19-14)12-6-8-13(9-7-12)16(22)17-11(2)5-4-10-21/h6-9,11,21H,3-5,10H2,1-2H3,(H,17,22)(H,18,19,20). The van der Waals surface area contributed by atoms with E-state index in [1.54, 1.807) is 12.1 Å². The number of carbonyl (C=O) groups excluding carboxylic acids is 1. The first-order valence-electron chi connectivity index (χ1n) is 7.57. The summed E-state index contributed by atoms with van der Waals surface area (Å²) in [4.78, 5) is 16.5. The molecule has 1 aromatic heterocycles. The zero-order valence-electron chi connectivity index (χ0n) is 13.0.